The number of likely N-dealkylation sites (N-methyl/N-ethyl adjacent to an activating group) is 1. The number of nitrogens with zero attached hydrogens (tertiary/aromatic N) is 1. The molecule has 2 fully saturated rings. The third kappa shape index (κ3) is 17.4. The Balaban J connectivity index is 0.00000241. The summed E-state index contributed by atoms with van der Waals surface area (Å²) in [6, 6.07) is -0.782. The zero-order valence-corrected chi connectivity index (χ0v) is 37.6. The van der Waals surface area contributed by atoms with Crippen LogP contribution in [0.25, 0.3) is 0 Å². The van der Waals surface area contributed by atoms with Crippen molar-refractivity contribution in [2.45, 2.75) is 172 Å². The molecule has 61 heavy (non-hydrogen) atoms. The van der Waals surface area contributed by atoms with Crippen LogP contribution in [-0.2, 0) is 61.6 Å². The summed E-state index contributed by atoms with van der Waals surface area (Å²) in [5.74, 6) is -2.94. The molecule has 16 atom stereocenters. The van der Waals surface area contributed by atoms with E-state index < -0.39 is 129 Å². The zero-order chi connectivity index (χ0) is 46.4. The van der Waals surface area contributed by atoms with Crippen LogP contribution >= 0.6 is 7.82 Å². The summed E-state index contributed by atoms with van der Waals surface area (Å²) in [5, 5.41) is 34.0. The van der Waals surface area contributed by atoms with Crippen LogP contribution in [0.2, 0.25) is 0 Å². The molecule has 352 valence electrons. The fraction of sp³-hybridized carbons (Fsp3) is 0.800. The van der Waals surface area contributed by atoms with Gasteiger partial charge in [0.25, 0.3) is 0 Å². The molecule has 3 aliphatic heterocycles. The second kappa shape index (κ2) is 25.0. The number of carbonyl (C=O) groups excluding carboxylic acids is 4. The maximum Gasteiger partial charge on any atom is 0.466 e. The summed E-state index contributed by atoms with van der Waals surface area (Å²) in [7, 11) is 0.207. The minimum atomic E-state index is -4.64. The first kappa shape index (κ1) is 54.4. The van der Waals surface area contributed by atoms with Crippen molar-refractivity contribution < 1.29 is 91.6 Å². The first-order valence-corrected chi connectivity index (χ1v) is 21.9. The van der Waals surface area contributed by atoms with Crippen LogP contribution in [0.3, 0.4) is 0 Å². The van der Waals surface area contributed by atoms with E-state index in [0.717, 1.165) is 0 Å². The van der Waals surface area contributed by atoms with E-state index in [2.05, 4.69) is 0 Å². The second-order valence-electron chi connectivity index (χ2n) is 16.2. The van der Waals surface area contributed by atoms with E-state index >= 15 is 0 Å². The highest BCUT2D eigenvalue weighted by Gasteiger charge is 2.53. The molecular formula is C40H68NO19P. The lowest BCUT2D eigenvalue weighted by molar-refractivity contribution is -0.344. The van der Waals surface area contributed by atoms with Gasteiger partial charge in [0.1, 0.15) is 48.5 Å². The number of allylic oxidation sites excluding steroid dienone is 2. The number of esters is 3. The Bertz CT molecular complexity index is 1500. The van der Waals surface area contributed by atoms with Crippen LogP contribution in [0.1, 0.15) is 87.0 Å². The van der Waals surface area contributed by atoms with Crippen molar-refractivity contribution in [1.82, 2.24) is 4.90 Å². The smallest absolute Gasteiger partial charge is 0.462 e. The number of methoxy groups -OCH3 is 1. The van der Waals surface area contributed by atoms with E-state index in [1.165, 1.54) is 14.0 Å². The second-order valence-corrected chi connectivity index (χ2v) is 17.2. The highest BCUT2D eigenvalue weighted by molar-refractivity contribution is 7.45. The van der Waals surface area contributed by atoms with Gasteiger partial charge >= 0.3 is 25.7 Å². The molecule has 0 bridgehead atoms. The number of hydrogen-bond donors (Lipinski definition) is 6. The van der Waals surface area contributed by atoms with Gasteiger partial charge < -0.3 is 77.6 Å². The lowest BCUT2D eigenvalue weighted by Gasteiger charge is -2.50. The summed E-state index contributed by atoms with van der Waals surface area (Å²) < 4.78 is 57.3. The van der Waals surface area contributed by atoms with Gasteiger partial charge in [-0.25, -0.2) is 4.57 Å². The van der Waals surface area contributed by atoms with Crippen molar-refractivity contribution in [3.8, 4) is 0 Å². The van der Waals surface area contributed by atoms with Gasteiger partial charge in [-0.3, -0.25) is 14.4 Å². The molecule has 0 aromatic rings. The van der Waals surface area contributed by atoms with Gasteiger partial charge in [-0.15, -0.1) is 0 Å². The lowest BCUT2D eigenvalue weighted by Crippen LogP contribution is -2.66. The van der Waals surface area contributed by atoms with Crippen LogP contribution in [0.15, 0.2) is 24.3 Å². The fourth-order valence-corrected chi connectivity index (χ4v) is 7.76. The van der Waals surface area contributed by atoms with Crippen LogP contribution in [0.4, 0.5) is 0 Å². The van der Waals surface area contributed by atoms with Crippen molar-refractivity contribution in [2.75, 3.05) is 21.2 Å². The van der Waals surface area contributed by atoms with Crippen LogP contribution in [0.5, 0.6) is 0 Å². The predicted molar refractivity (Wildman–Crippen MR) is 215 cm³/mol. The minimum Gasteiger partial charge on any atom is -0.462 e. The standard InChI is InChI=1S/C40H65NO15.H3O4P/c1-11-30(45)56-40(7)21-32(51-25(5)38(40)48)54-35-24(4)52-39(34(47)33(35)41(8)9)55-36-27(17-18-42)19-22(2)28(44)16-14-12-13-15-23(3)50-31(46)20-29(37(36)49-10)53-26(6)43;1-5(2,3)4/h12-14,16,18,22-25,27-29,32-39,44,47-48H,11,15,17,19-21H2,1-10H3;(H3,1,2,3,4)/b13-12+,16-14+;/t22-,23-,24-,25+,27+,28+,29-,32+,33-,34-,35-,36+,37+,38+,39?,40-;/m1./s1. The molecule has 2 saturated heterocycles. The molecule has 1 unspecified atom stereocenters. The summed E-state index contributed by atoms with van der Waals surface area (Å²) in [5.41, 5.74) is -1.31. The molecule has 20 nitrogen and oxygen atoms in total. The highest BCUT2D eigenvalue weighted by atomic mass is 31.2. The topological polar surface area (TPSA) is 284 Å². The molecule has 0 aromatic carbocycles. The molecule has 6 N–H and O–H groups in total. The molecule has 0 saturated carbocycles. The molecule has 3 aliphatic rings. The lowest BCUT2D eigenvalue weighted by atomic mass is 9.82. The maximum atomic E-state index is 13.2. The summed E-state index contributed by atoms with van der Waals surface area (Å²) in [6.07, 6.45) is -4.34. The molecule has 0 aromatic heterocycles. The Morgan fingerprint density at radius 1 is 1.00 bits per heavy atom. The number of rotatable bonds is 11. The normalized spacial score (nSPS) is 39.2. The summed E-state index contributed by atoms with van der Waals surface area (Å²) in [4.78, 5) is 73.5. The number of aliphatic hydroxyl groups excluding tert-OH is 3. The molecule has 0 aliphatic carbocycles. The van der Waals surface area contributed by atoms with Crippen molar-refractivity contribution in [3.05, 3.63) is 24.3 Å². The van der Waals surface area contributed by atoms with E-state index in [0.29, 0.717) is 12.7 Å². The van der Waals surface area contributed by atoms with E-state index in [9.17, 15) is 34.5 Å². The average molecular weight is 898 g/mol. The maximum absolute atomic E-state index is 13.2. The van der Waals surface area contributed by atoms with Crippen molar-refractivity contribution >= 4 is 32.0 Å². The summed E-state index contributed by atoms with van der Waals surface area (Å²) in [6.45, 7) is 11.4. The van der Waals surface area contributed by atoms with Gasteiger partial charge in [-0.05, 0) is 60.0 Å². The number of aliphatic hydroxyl groups is 3. The Hall–Kier alpha value is -2.69. The number of ether oxygens (including phenoxy) is 8. The largest absolute Gasteiger partial charge is 0.466 e. The average Bonchev–Trinajstić information content (AvgIpc) is 3.13. The number of carbonyl (C=O) groups is 4. The molecular weight excluding hydrogens is 829 g/mol. The van der Waals surface area contributed by atoms with Gasteiger partial charge in [-0.2, -0.15) is 0 Å². The molecule has 0 radical (unpaired) electrons. The van der Waals surface area contributed by atoms with E-state index in [4.69, 9.17) is 57.1 Å². The SMILES string of the molecule is CCC(=O)O[C@]1(C)C[C@H](O[C@H]2[C@H](N(C)C)[C@@H](O)C(O[C@H]3[C@@H](CC=O)C[C@@H](C)[C@@H](O)/C=C/C=C/C[C@@H](C)OC(=O)C[C@@H](OC(C)=O)[C@@H]3OC)O[C@@H]2C)O[C@@H](C)[C@@H]1O.O=P(O)(O)O. The summed E-state index contributed by atoms with van der Waals surface area (Å²) >= 11 is 0. The molecule has 3 heterocycles. The van der Waals surface area contributed by atoms with Gasteiger partial charge in [0, 0.05) is 39.7 Å². The third-order valence-electron chi connectivity index (χ3n) is 10.7. The number of phosphoric acid groups is 1. The van der Waals surface area contributed by atoms with Crippen molar-refractivity contribution in [2.24, 2.45) is 11.8 Å². The van der Waals surface area contributed by atoms with Gasteiger partial charge in [-0.1, -0.05) is 38.2 Å². The minimum absolute atomic E-state index is 0.00285. The van der Waals surface area contributed by atoms with Crippen molar-refractivity contribution in [1.29, 1.82) is 0 Å². The highest BCUT2D eigenvalue weighted by Crippen LogP contribution is 2.38. The van der Waals surface area contributed by atoms with Gasteiger partial charge in [0.05, 0.1) is 36.9 Å². The third-order valence-corrected chi connectivity index (χ3v) is 10.7. The number of cyclic esters (lactones) is 1. The zero-order valence-electron chi connectivity index (χ0n) is 36.7. The quantitative estimate of drug-likeness (QED) is 0.0741. The van der Waals surface area contributed by atoms with Crippen LogP contribution in [-0.4, -0.2) is 166 Å². The monoisotopic (exact) mass is 897 g/mol. The van der Waals surface area contributed by atoms with E-state index in [-0.39, 0.29) is 25.7 Å². The number of hydrogen-bond acceptors (Lipinski definition) is 17. The Labute approximate surface area is 357 Å². The number of aldehydes is 1. The first-order valence-electron chi connectivity index (χ1n) is 20.3. The molecule has 0 spiro atoms. The van der Waals surface area contributed by atoms with Gasteiger partial charge in [0.15, 0.2) is 12.6 Å². The Morgan fingerprint density at radius 3 is 2.20 bits per heavy atom. The van der Waals surface area contributed by atoms with Crippen molar-refractivity contribution in [3.63, 3.8) is 0 Å². The molecule has 0 amide bonds. The fourth-order valence-electron chi connectivity index (χ4n) is 7.76. The molecule has 21 heteroatoms. The van der Waals surface area contributed by atoms with Crippen LogP contribution < -0.4 is 0 Å². The Morgan fingerprint density at radius 2 is 1.64 bits per heavy atom. The van der Waals surface area contributed by atoms with Crippen LogP contribution in [0, 0.1) is 11.8 Å². The first-order chi connectivity index (χ1) is 28.3. The molecule has 3 rings (SSSR count). The van der Waals surface area contributed by atoms with Gasteiger partial charge in [0.2, 0.25) is 0 Å². The Kier molecular flexibility index (Phi) is 22.3. The predicted octanol–water partition coefficient (Wildman–Crippen LogP) is 1.45. The van der Waals surface area contributed by atoms with E-state index in [1.807, 2.05) is 6.92 Å². The van der Waals surface area contributed by atoms with E-state index in [1.54, 1.807) is 77.9 Å².